The molecule has 1 fully saturated rings. The first-order valence-electron chi connectivity index (χ1n) is 8.28. The second-order valence-corrected chi connectivity index (χ2v) is 6.50. The lowest BCUT2D eigenvalue weighted by Gasteiger charge is -2.36. The van der Waals surface area contributed by atoms with Crippen LogP contribution >= 0.6 is 11.6 Å². The largest absolute Gasteiger partial charge is 0.497 e. The molecule has 5 nitrogen and oxygen atoms in total. The van der Waals surface area contributed by atoms with Gasteiger partial charge in [-0.25, -0.2) is 4.79 Å². The van der Waals surface area contributed by atoms with Crippen LogP contribution in [0.1, 0.15) is 5.56 Å². The minimum absolute atomic E-state index is 0.0734. The number of anilines is 2. The highest BCUT2D eigenvalue weighted by Gasteiger charge is 2.22. The number of methoxy groups -OCH3 is 1. The van der Waals surface area contributed by atoms with Gasteiger partial charge in [0.25, 0.3) is 0 Å². The van der Waals surface area contributed by atoms with Crippen LogP contribution in [0.4, 0.5) is 16.2 Å². The SMILES string of the molecule is COc1cccc(N2CCN(C(=O)Nc3ccc(Cl)cc3C)CC2)c1. The van der Waals surface area contributed by atoms with Gasteiger partial charge in [0, 0.05) is 48.6 Å². The summed E-state index contributed by atoms with van der Waals surface area (Å²) in [6.45, 7) is 4.87. The van der Waals surface area contributed by atoms with Crippen molar-refractivity contribution < 1.29 is 9.53 Å². The number of piperazine rings is 1. The maximum absolute atomic E-state index is 12.5. The van der Waals surface area contributed by atoms with E-state index in [1.807, 2.05) is 42.2 Å². The summed E-state index contributed by atoms with van der Waals surface area (Å²) in [7, 11) is 1.67. The molecule has 2 aromatic rings. The highest BCUT2D eigenvalue weighted by atomic mass is 35.5. The van der Waals surface area contributed by atoms with E-state index in [4.69, 9.17) is 16.3 Å². The summed E-state index contributed by atoms with van der Waals surface area (Å²) in [6, 6.07) is 13.4. The van der Waals surface area contributed by atoms with Crippen molar-refractivity contribution in [1.82, 2.24) is 4.90 Å². The highest BCUT2D eigenvalue weighted by Crippen LogP contribution is 2.23. The second-order valence-electron chi connectivity index (χ2n) is 6.06. The number of halogens is 1. The Morgan fingerprint density at radius 2 is 1.88 bits per heavy atom. The third kappa shape index (κ3) is 4.17. The van der Waals surface area contributed by atoms with Crippen LogP contribution in [0.15, 0.2) is 42.5 Å². The Morgan fingerprint density at radius 1 is 1.12 bits per heavy atom. The number of rotatable bonds is 3. The molecule has 1 N–H and O–H groups in total. The number of hydrogen-bond donors (Lipinski definition) is 1. The van der Waals surface area contributed by atoms with E-state index in [1.165, 1.54) is 0 Å². The third-order valence-electron chi connectivity index (χ3n) is 4.42. The number of carbonyl (C=O) groups excluding carboxylic acids is 1. The van der Waals surface area contributed by atoms with Crippen molar-refractivity contribution in [2.24, 2.45) is 0 Å². The Labute approximate surface area is 153 Å². The quantitative estimate of drug-likeness (QED) is 0.900. The lowest BCUT2D eigenvalue weighted by molar-refractivity contribution is 0.208. The van der Waals surface area contributed by atoms with E-state index >= 15 is 0 Å². The lowest BCUT2D eigenvalue weighted by atomic mass is 10.2. The number of hydrogen-bond acceptors (Lipinski definition) is 3. The van der Waals surface area contributed by atoms with Crippen LogP contribution in [-0.4, -0.2) is 44.2 Å². The molecule has 0 aromatic heterocycles. The zero-order valence-electron chi connectivity index (χ0n) is 14.5. The van der Waals surface area contributed by atoms with Crippen molar-refractivity contribution in [3.63, 3.8) is 0 Å². The summed E-state index contributed by atoms with van der Waals surface area (Å²) in [4.78, 5) is 16.6. The van der Waals surface area contributed by atoms with Crippen LogP contribution in [0.5, 0.6) is 5.75 Å². The number of ether oxygens (including phenoxy) is 1. The zero-order valence-corrected chi connectivity index (χ0v) is 15.2. The molecule has 1 saturated heterocycles. The van der Waals surface area contributed by atoms with Crippen molar-refractivity contribution in [1.29, 1.82) is 0 Å². The van der Waals surface area contributed by atoms with Gasteiger partial charge >= 0.3 is 6.03 Å². The number of nitrogens with zero attached hydrogens (tertiary/aromatic N) is 2. The summed E-state index contributed by atoms with van der Waals surface area (Å²) >= 11 is 5.96. The molecule has 1 aliphatic rings. The molecule has 1 aliphatic heterocycles. The molecular weight excluding hydrogens is 338 g/mol. The maximum atomic E-state index is 12.5. The molecule has 0 saturated carbocycles. The fraction of sp³-hybridized carbons (Fsp3) is 0.316. The van der Waals surface area contributed by atoms with E-state index in [0.717, 1.165) is 35.8 Å². The lowest BCUT2D eigenvalue weighted by Crippen LogP contribution is -2.50. The summed E-state index contributed by atoms with van der Waals surface area (Å²) in [6.07, 6.45) is 0. The molecule has 0 unspecified atom stereocenters. The van der Waals surface area contributed by atoms with E-state index in [-0.39, 0.29) is 6.03 Å². The number of nitrogens with one attached hydrogen (secondary N) is 1. The predicted molar refractivity (Wildman–Crippen MR) is 102 cm³/mol. The summed E-state index contributed by atoms with van der Waals surface area (Å²) in [5.41, 5.74) is 2.87. The van der Waals surface area contributed by atoms with Gasteiger partial charge in [-0.15, -0.1) is 0 Å². The number of aryl methyl sites for hydroxylation is 1. The molecule has 2 aromatic carbocycles. The molecule has 0 bridgehead atoms. The van der Waals surface area contributed by atoms with Crippen molar-refractivity contribution in [2.75, 3.05) is 43.5 Å². The first kappa shape index (κ1) is 17.4. The molecular formula is C19H22ClN3O2. The Morgan fingerprint density at radius 3 is 2.56 bits per heavy atom. The van der Waals surface area contributed by atoms with Crippen LogP contribution in [0.25, 0.3) is 0 Å². The average molecular weight is 360 g/mol. The molecule has 0 radical (unpaired) electrons. The van der Waals surface area contributed by atoms with Crippen LogP contribution in [0.2, 0.25) is 5.02 Å². The van der Waals surface area contributed by atoms with Gasteiger partial charge in [-0.2, -0.15) is 0 Å². The van der Waals surface area contributed by atoms with E-state index in [0.29, 0.717) is 18.1 Å². The molecule has 2 amide bonds. The predicted octanol–water partition coefficient (Wildman–Crippen LogP) is 4.01. The minimum atomic E-state index is -0.0734. The van der Waals surface area contributed by atoms with Crippen molar-refractivity contribution >= 4 is 29.0 Å². The Balaban J connectivity index is 1.58. The van der Waals surface area contributed by atoms with E-state index in [9.17, 15) is 4.79 Å². The van der Waals surface area contributed by atoms with Gasteiger partial charge < -0.3 is 19.9 Å². The Kier molecular flexibility index (Phi) is 5.34. The third-order valence-corrected chi connectivity index (χ3v) is 4.65. The molecule has 25 heavy (non-hydrogen) atoms. The van der Waals surface area contributed by atoms with Crippen molar-refractivity contribution in [2.45, 2.75) is 6.92 Å². The smallest absolute Gasteiger partial charge is 0.321 e. The number of amides is 2. The molecule has 3 rings (SSSR count). The molecule has 0 atom stereocenters. The van der Waals surface area contributed by atoms with Crippen molar-refractivity contribution in [3.8, 4) is 5.75 Å². The Hall–Kier alpha value is -2.40. The van der Waals surface area contributed by atoms with Crippen LogP contribution in [0, 0.1) is 6.92 Å². The molecule has 1 heterocycles. The van der Waals surface area contributed by atoms with Gasteiger partial charge in [0.05, 0.1) is 7.11 Å². The molecule has 132 valence electrons. The minimum Gasteiger partial charge on any atom is -0.497 e. The normalized spacial score (nSPS) is 14.4. The first-order chi connectivity index (χ1) is 12.1. The van der Waals surface area contributed by atoms with Crippen LogP contribution in [0.3, 0.4) is 0 Å². The number of carbonyl (C=O) groups is 1. The monoisotopic (exact) mass is 359 g/mol. The summed E-state index contributed by atoms with van der Waals surface area (Å²) in [5, 5.41) is 3.64. The standard InChI is InChI=1S/C19H22ClN3O2/c1-14-12-15(20)6-7-18(14)21-19(24)23-10-8-22(9-11-23)16-4-3-5-17(13-16)25-2/h3-7,12-13H,8-11H2,1-2H3,(H,21,24). The van der Waals surface area contributed by atoms with Gasteiger partial charge in [-0.3, -0.25) is 0 Å². The van der Waals surface area contributed by atoms with Gasteiger partial charge in [-0.05, 0) is 42.8 Å². The highest BCUT2D eigenvalue weighted by molar-refractivity contribution is 6.30. The molecule has 0 spiro atoms. The van der Waals surface area contributed by atoms with Crippen LogP contribution in [-0.2, 0) is 0 Å². The van der Waals surface area contributed by atoms with Crippen LogP contribution < -0.4 is 15.0 Å². The van der Waals surface area contributed by atoms with Gasteiger partial charge in [-0.1, -0.05) is 17.7 Å². The van der Waals surface area contributed by atoms with E-state index < -0.39 is 0 Å². The maximum Gasteiger partial charge on any atom is 0.321 e. The first-order valence-corrected chi connectivity index (χ1v) is 8.65. The van der Waals surface area contributed by atoms with Gasteiger partial charge in [0.2, 0.25) is 0 Å². The second kappa shape index (κ2) is 7.66. The number of benzene rings is 2. The van der Waals surface area contributed by atoms with E-state index in [1.54, 1.807) is 13.2 Å². The van der Waals surface area contributed by atoms with E-state index in [2.05, 4.69) is 16.3 Å². The zero-order chi connectivity index (χ0) is 17.8. The van der Waals surface area contributed by atoms with Gasteiger partial charge in [0.1, 0.15) is 5.75 Å². The molecule has 0 aliphatic carbocycles. The Bertz CT molecular complexity index is 758. The fourth-order valence-electron chi connectivity index (χ4n) is 2.94. The number of urea groups is 1. The summed E-state index contributed by atoms with van der Waals surface area (Å²) < 4.78 is 5.28. The fourth-order valence-corrected chi connectivity index (χ4v) is 3.16. The summed E-state index contributed by atoms with van der Waals surface area (Å²) in [5.74, 6) is 0.843. The van der Waals surface area contributed by atoms with Crippen molar-refractivity contribution in [3.05, 3.63) is 53.1 Å². The van der Waals surface area contributed by atoms with Gasteiger partial charge in [0.15, 0.2) is 0 Å². The average Bonchev–Trinajstić information content (AvgIpc) is 2.64. The topological polar surface area (TPSA) is 44.8 Å². The molecule has 6 heteroatoms.